The highest BCUT2D eigenvalue weighted by Gasteiger charge is 2.10. The second-order valence-electron chi connectivity index (χ2n) is 4.10. The summed E-state index contributed by atoms with van der Waals surface area (Å²) in [5, 5.41) is 7.52. The van der Waals surface area contributed by atoms with E-state index in [2.05, 4.69) is 15.4 Å². The molecule has 2 aromatic heterocycles. The Morgan fingerprint density at radius 3 is 2.76 bits per heavy atom. The molecule has 0 saturated heterocycles. The van der Waals surface area contributed by atoms with Crippen LogP contribution in [0.5, 0.6) is 0 Å². The number of rotatable bonds is 3. The molecule has 0 radical (unpaired) electrons. The van der Waals surface area contributed by atoms with Crippen molar-refractivity contribution in [1.82, 2.24) is 14.8 Å². The maximum Gasteiger partial charge on any atom is 0.141 e. The largest absolute Gasteiger partial charge is 0.376 e. The maximum atomic E-state index is 13.0. The predicted octanol–water partition coefficient (Wildman–Crippen LogP) is 2.44. The molecule has 2 rings (SSSR count). The zero-order chi connectivity index (χ0) is 12.4. The third-order valence-electron chi connectivity index (χ3n) is 2.61. The van der Waals surface area contributed by atoms with Crippen LogP contribution in [-0.2, 0) is 7.05 Å². The van der Waals surface area contributed by atoms with E-state index in [0.717, 1.165) is 16.9 Å². The van der Waals surface area contributed by atoms with Gasteiger partial charge in [-0.3, -0.25) is 9.67 Å². The number of aryl methyl sites for hydroxylation is 2. The van der Waals surface area contributed by atoms with E-state index >= 15 is 0 Å². The highest BCUT2D eigenvalue weighted by atomic mass is 19.1. The molecule has 0 bridgehead atoms. The van der Waals surface area contributed by atoms with Crippen molar-refractivity contribution in [2.75, 3.05) is 5.32 Å². The molecule has 0 aliphatic rings. The lowest BCUT2D eigenvalue weighted by molar-refractivity contribution is 0.616. The van der Waals surface area contributed by atoms with Gasteiger partial charge in [-0.05, 0) is 25.5 Å². The summed E-state index contributed by atoms with van der Waals surface area (Å²) in [5.74, 6) is -0.320. The van der Waals surface area contributed by atoms with Gasteiger partial charge in [0.05, 0.1) is 23.6 Å². The van der Waals surface area contributed by atoms with Crippen LogP contribution in [0.1, 0.15) is 24.2 Å². The van der Waals surface area contributed by atoms with E-state index in [0.29, 0.717) is 0 Å². The van der Waals surface area contributed by atoms with Gasteiger partial charge in [-0.25, -0.2) is 4.39 Å². The minimum absolute atomic E-state index is 0.0129. The van der Waals surface area contributed by atoms with E-state index in [-0.39, 0.29) is 11.9 Å². The van der Waals surface area contributed by atoms with Crippen molar-refractivity contribution in [2.45, 2.75) is 19.9 Å². The molecule has 0 saturated carbocycles. The first-order valence-electron chi connectivity index (χ1n) is 5.43. The first-order valence-corrected chi connectivity index (χ1v) is 5.43. The van der Waals surface area contributed by atoms with E-state index in [4.69, 9.17) is 0 Å². The first kappa shape index (κ1) is 11.6. The smallest absolute Gasteiger partial charge is 0.141 e. The summed E-state index contributed by atoms with van der Waals surface area (Å²) in [7, 11) is 1.87. The Hall–Kier alpha value is -1.91. The van der Waals surface area contributed by atoms with E-state index in [1.165, 1.54) is 12.3 Å². The first-order chi connectivity index (χ1) is 8.06. The minimum Gasteiger partial charge on any atom is -0.376 e. The molecule has 1 unspecified atom stereocenters. The van der Waals surface area contributed by atoms with Gasteiger partial charge in [-0.2, -0.15) is 5.10 Å². The minimum atomic E-state index is -0.320. The number of anilines is 1. The number of nitrogens with one attached hydrogen (secondary N) is 1. The molecule has 0 aliphatic carbocycles. The second-order valence-corrected chi connectivity index (χ2v) is 4.10. The summed E-state index contributed by atoms with van der Waals surface area (Å²) in [4.78, 5) is 3.84. The van der Waals surface area contributed by atoms with Crippen molar-refractivity contribution in [2.24, 2.45) is 7.05 Å². The fraction of sp³-hybridized carbons (Fsp3) is 0.333. The molecule has 1 N–H and O–H groups in total. The summed E-state index contributed by atoms with van der Waals surface area (Å²) in [5.41, 5.74) is 2.68. The van der Waals surface area contributed by atoms with Crippen LogP contribution >= 0.6 is 0 Å². The lowest BCUT2D eigenvalue weighted by Crippen LogP contribution is -2.07. The Bertz CT molecular complexity index is 521. The molecule has 5 heteroatoms. The van der Waals surface area contributed by atoms with E-state index in [1.54, 1.807) is 10.9 Å². The van der Waals surface area contributed by atoms with Crippen LogP contribution in [-0.4, -0.2) is 14.8 Å². The third-order valence-corrected chi connectivity index (χ3v) is 2.61. The molecule has 0 aliphatic heterocycles. The number of nitrogens with zero attached hydrogens (tertiary/aromatic N) is 3. The van der Waals surface area contributed by atoms with Crippen molar-refractivity contribution < 1.29 is 4.39 Å². The number of aromatic nitrogens is 3. The van der Waals surface area contributed by atoms with Gasteiger partial charge in [0.2, 0.25) is 0 Å². The molecule has 1 atom stereocenters. The van der Waals surface area contributed by atoms with Crippen LogP contribution in [0.2, 0.25) is 0 Å². The van der Waals surface area contributed by atoms with E-state index < -0.39 is 0 Å². The van der Waals surface area contributed by atoms with E-state index in [1.807, 2.05) is 27.1 Å². The zero-order valence-electron chi connectivity index (χ0n) is 10.1. The molecule has 0 aromatic carbocycles. The highest BCUT2D eigenvalue weighted by molar-refractivity contribution is 5.47. The van der Waals surface area contributed by atoms with E-state index in [9.17, 15) is 4.39 Å². The van der Waals surface area contributed by atoms with Gasteiger partial charge in [0.25, 0.3) is 0 Å². The summed E-state index contributed by atoms with van der Waals surface area (Å²) >= 11 is 0. The lowest BCUT2D eigenvalue weighted by atomic mass is 10.1. The van der Waals surface area contributed by atoms with Gasteiger partial charge in [-0.15, -0.1) is 0 Å². The van der Waals surface area contributed by atoms with Crippen molar-refractivity contribution >= 4 is 5.69 Å². The Morgan fingerprint density at radius 2 is 2.18 bits per heavy atom. The van der Waals surface area contributed by atoms with Gasteiger partial charge >= 0.3 is 0 Å². The Kier molecular flexibility index (Phi) is 3.08. The molecule has 90 valence electrons. The molecule has 0 spiro atoms. The van der Waals surface area contributed by atoms with Gasteiger partial charge in [0, 0.05) is 19.4 Å². The second kappa shape index (κ2) is 4.53. The van der Waals surface area contributed by atoms with Crippen molar-refractivity contribution in [1.29, 1.82) is 0 Å². The van der Waals surface area contributed by atoms with Crippen LogP contribution in [0.15, 0.2) is 24.7 Å². The Morgan fingerprint density at radius 1 is 1.41 bits per heavy atom. The highest BCUT2D eigenvalue weighted by Crippen LogP contribution is 2.20. The fourth-order valence-electron chi connectivity index (χ4n) is 1.72. The van der Waals surface area contributed by atoms with Gasteiger partial charge in [-0.1, -0.05) is 0 Å². The molecule has 2 heterocycles. The average Bonchev–Trinajstić information content (AvgIpc) is 2.57. The van der Waals surface area contributed by atoms with Crippen molar-refractivity contribution in [3.8, 4) is 0 Å². The van der Waals surface area contributed by atoms with Gasteiger partial charge in [0.1, 0.15) is 5.82 Å². The number of halogens is 1. The molecular formula is C12H15FN4. The Labute approximate surface area is 99.5 Å². The van der Waals surface area contributed by atoms with Crippen molar-refractivity contribution in [3.05, 3.63) is 41.7 Å². The topological polar surface area (TPSA) is 42.7 Å². The van der Waals surface area contributed by atoms with Crippen LogP contribution < -0.4 is 5.32 Å². The summed E-state index contributed by atoms with van der Waals surface area (Å²) in [6, 6.07) is 1.47. The standard InChI is InChI=1S/C12H15FN4/c1-8(10-4-11(13)6-14-5-10)15-12-7-17(3)16-9(12)2/h4-8,15H,1-3H3. The van der Waals surface area contributed by atoms with Crippen LogP contribution in [0, 0.1) is 12.7 Å². The number of pyridine rings is 1. The quantitative estimate of drug-likeness (QED) is 0.887. The van der Waals surface area contributed by atoms with Crippen LogP contribution in [0.25, 0.3) is 0 Å². The van der Waals surface area contributed by atoms with Gasteiger partial charge < -0.3 is 5.32 Å². The molecule has 17 heavy (non-hydrogen) atoms. The summed E-state index contributed by atoms with van der Waals surface area (Å²) in [6.45, 7) is 3.89. The zero-order valence-corrected chi connectivity index (χ0v) is 10.1. The SMILES string of the molecule is Cc1nn(C)cc1NC(C)c1cncc(F)c1. The molecule has 4 nitrogen and oxygen atoms in total. The molecule has 0 amide bonds. The normalized spacial score (nSPS) is 12.5. The maximum absolute atomic E-state index is 13.0. The Balaban J connectivity index is 2.16. The van der Waals surface area contributed by atoms with Gasteiger partial charge in [0.15, 0.2) is 0 Å². The molecule has 0 fully saturated rings. The third kappa shape index (κ3) is 2.61. The summed E-state index contributed by atoms with van der Waals surface area (Å²) < 4.78 is 14.8. The predicted molar refractivity (Wildman–Crippen MR) is 64.2 cm³/mol. The summed E-state index contributed by atoms with van der Waals surface area (Å²) in [6.07, 6.45) is 4.76. The van der Waals surface area contributed by atoms with Crippen LogP contribution in [0.3, 0.4) is 0 Å². The monoisotopic (exact) mass is 234 g/mol. The van der Waals surface area contributed by atoms with Crippen LogP contribution in [0.4, 0.5) is 10.1 Å². The molecular weight excluding hydrogens is 219 g/mol. The molecule has 2 aromatic rings. The lowest BCUT2D eigenvalue weighted by Gasteiger charge is -2.14. The average molecular weight is 234 g/mol. The van der Waals surface area contributed by atoms with Crippen molar-refractivity contribution in [3.63, 3.8) is 0 Å². The number of hydrogen-bond donors (Lipinski definition) is 1. The fourth-order valence-corrected chi connectivity index (χ4v) is 1.72. The number of hydrogen-bond acceptors (Lipinski definition) is 3.